The van der Waals surface area contributed by atoms with Gasteiger partial charge < -0.3 is 5.32 Å². The van der Waals surface area contributed by atoms with Crippen LogP contribution in [0.1, 0.15) is 21.7 Å². The fourth-order valence-corrected chi connectivity index (χ4v) is 2.88. The number of rotatable bonds is 3. The number of aryl methyl sites for hydroxylation is 1. The molecule has 0 aliphatic heterocycles. The standard InChI is InChI=1S/C13H13N5OS/c1-8-5-11(12(19)17-10-6-15-16-7-10)9(2)18(8)13-14-3-4-20-13/h3-7H,1-2H3,(H,15,16)(H,17,19). The van der Waals surface area contributed by atoms with Crippen LogP contribution in [0.4, 0.5) is 5.69 Å². The summed E-state index contributed by atoms with van der Waals surface area (Å²) >= 11 is 1.54. The molecule has 3 rings (SSSR count). The zero-order chi connectivity index (χ0) is 14.1. The molecule has 0 saturated carbocycles. The largest absolute Gasteiger partial charge is 0.319 e. The maximum absolute atomic E-state index is 12.3. The van der Waals surface area contributed by atoms with Crippen molar-refractivity contribution in [3.63, 3.8) is 0 Å². The van der Waals surface area contributed by atoms with E-state index in [0.29, 0.717) is 11.3 Å². The molecule has 1 amide bonds. The van der Waals surface area contributed by atoms with Gasteiger partial charge in [0, 0.05) is 29.2 Å². The number of hydrogen-bond donors (Lipinski definition) is 2. The number of carbonyl (C=O) groups is 1. The summed E-state index contributed by atoms with van der Waals surface area (Å²) in [4.78, 5) is 16.6. The number of aromatic nitrogens is 4. The first-order chi connectivity index (χ1) is 9.66. The molecule has 3 heterocycles. The molecule has 20 heavy (non-hydrogen) atoms. The van der Waals surface area contributed by atoms with E-state index in [1.54, 1.807) is 18.6 Å². The van der Waals surface area contributed by atoms with Crippen LogP contribution in [0.2, 0.25) is 0 Å². The van der Waals surface area contributed by atoms with Crippen molar-refractivity contribution in [1.82, 2.24) is 19.7 Å². The first-order valence-electron chi connectivity index (χ1n) is 6.06. The Labute approximate surface area is 119 Å². The third kappa shape index (κ3) is 2.12. The minimum atomic E-state index is -0.151. The number of hydrogen-bond acceptors (Lipinski definition) is 4. The van der Waals surface area contributed by atoms with Gasteiger partial charge in [0.05, 0.1) is 17.4 Å². The Morgan fingerprint density at radius 2 is 2.30 bits per heavy atom. The van der Waals surface area contributed by atoms with E-state index in [4.69, 9.17) is 0 Å². The summed E-state index contributed by atoms with van der Waals surface area (Å²) in [5.41, 5.74) is 3.14. The number of nitrogens with zero attached hydrogens (tertiary/aromatic N) is 3. The van der Waals surface area contributed by atoms with Crippen LogP contribution in [0.5, 0.6) is 0 Å². The highest BCUT2D eigenvalue weighted by molar-refractivity contribution is 7.12. The number of thiazole rings is 1. The van der Waals surface area contributed by atoms with E-state index in [9.17, 15) is 4.79 Å². The van der Waals surface area contributed by atoms with Crippen LogP contribution < -0.4 is 5.32 Å². The van der Waals surface area contributed by atoms with Gasteiger partial charge in [-0.2, -0.15) is 5.10 Å². The lowest BCUT2D eigenvalue weighted by Gasteiger charge is -2.05. The fraction of sp³-hybridized carbons (Fsp3) is 0.154. The van der Waals surface area contributed by atoms with E-state index in [2.05, 4.69) is 20.5 Å². The van der Waals surface area contributed by atoms with Crippen LogP contribution in [-0.2, 0) is 0 Å². The van der Waals surface area contributed by atoms with Crippen molar-refractivity contribution in [2.24, 2.45) is 0 Å². The van der Waals surface area contributed by atoms with Crippen LogP contribution >= 0.6 is 11.3 Å². The fourth-order valence-electron chi connectivity index (χ4n) is 2.13. The molecule has 0 bridgehead atoms. The Bertz CT molecular complexity index is 727. The summed E-state index contributed by atoms with van der Waals surface area (Å²) in [7, 11) is 0. The van der Waals surface area contributed by atoms with Crippen LogP contribution in [0, 0.1) is 13.8 Å². The van der Waals surface area contributed by atoms with Crippen LogP contribution in [-0.4, -0.2) is 25.7 Å². The van der Waals surface area contributed by atoms with Crippen molar-refractivity contribution >= 4 is 22.9 Å². The number of carbonyl (C=O) groups excluding carboxylic acids is 1. The van der Waals surface area contributed by atoms with Gasteiger partial charge in [-0.3, -0.25) is 14.5 Å². The van der Waals surface area contributed by atoms with Gasteiger partial charge in [-0.15, -0.1) is 11.3 Å². The first kappa shape index (κ1) is 12.6. The predicted octanol–water partition coefficient (Wildman–Crippen LogP) is 2.53. The molecule has 3 aromatic heterocycles. The minimum absolute atomic E-state index is 0.151. The molecule has 0 aromatic carbocycles. The molecule has 0 atom stereocenters. The van der Waals surface area contributed by atoms with Crippen molar-refractivity contribution in [1.29, 1.82) is 0 Å². The zero-order valence-electron chi connectivity index (χ0n) is 11.0. The van der Waals surface area contributed by atoms with Crippen molar-refractivity contribution in [2.45, 2.75) is 13.8 Å². The molecule has 0 saturated heterocycles. The van der Waals surface area contributed by atoms with E-state index >= 15 is 0 Å². The number of amides is 1. The van der Waals surface area contributed by atoms with Crippen LogP contribution in [0.15, 0.2) is 30.0 Å². The third-order valence-electron chi connectivity index (χ3n) is 3.04. The summed E-state index contributed by atoms with van der Waals surface area (Å²) in [6.07, 6.45) is 4.96. The van der Waals surface area contributed by atoms with Gasteiger partial charge in [-0.05, 0) is 19.9 Å². The molecule has 0 aliphatic carbocycles. The lowest BCUT2D eigenvalue weighted by molar-refractivity contribution is 0.102. The van der Waals surface area contributed by atoms with Crippen molar-refractivity contribution in [2.75, 3.05) is 5.32 Å². The van der Waals surface area contributed by atoms with Gasteiger partial charge in [-0.1, -0.05) is 0 Å². The summed E-state index contributed by atoms with van der Waals surface area (Å²) in [5.74, 6) is -0.151. The Hall–Kier alpha value is -2.41. The van der Waals surface area contributed by atoms with Gasteiger partial charge in [0.1, 0.15) is 0 Å². The Kier molecular flexibility index (Phi) is 3.11. The maximum atomic E-state index is 12.3. The van der Waals surface area contributed by atoms with Gasteiger partial charge in [0.15, 0.2) is 5.13 Å². The molecular formula is C13H13N5OS. The third-order valence-corrected chi connectivity index (χ3v) is 3.80. The zero-order valence-corrected chi connectivity index (χ0v) is 11.9. The highest BCUT2D eigenvalue weighted by atomic mass is 32.1. The molecule has 0 spiro atoms. The molecule has 0 radical (unpaired) electrons. The van der Waals surface area contributed by atoms with E-state index in [-0.39, 0.29) is 5.91 Å². The second-order valence-electron chi connectivity index (χ2n) is 4.38. The summed E-state index contributed by atoms with van der Waals surface area (Å²) < 4.78 is 1.98. The van der Waals surface area contributed by atoms with Crippen LogP contribution in [0.25, 0.3) is 5.13 Å². The highest BCUT2D eigenvalue weighted by Crippen LogP contribution is 2.22. The van der Waals surface area contributed by atoms with Gasteiger partial charge in [-0.25, -0.2) is 4.98 Å². The quantitative estimate of drug-likeness (QED) is 0.777. The second-order valence-corrected chi connectivity index (χ2v) is 5.25. The second kappa shape index (κ2) is 4.93. The molecule has 0 aliphatic rings. The molecular weight excluding hydrogens is 274 g/mol. The summed E-state index contributed by atoms with van der Waals surface area (Å²) in [6, 6.07) is 1.87. The monoisotopic (exact) mass is 287 g/mol. The summed E-state index contributed by atoms with van der Waals surface area (Å²) in [6.45, 7) is 3.88. The molecule has 6 nitrogen and oxygen atoms in total. The highest BCUT2D eigenvalue weighted by Gasteiger charge is 2.17. The molecule has 2 N–H and O–H groups in total. The van der Waals surface area contributed by atoms with Gasteiger partial charge in [0.25, 0.3) is 5.91 Å². The lowest BCUT2D eigenvalue weighted by atomic mass is 10.2. The van der Waals surface area contributed by atoms with Crippen molar-refractivity contribution < 1.29 is 4.79 Å². The molecule has 102 valence electrons. The normalized spacial score (nSPS) is 10.7. The van der Waals surface area contributed by atoms with Gasteiger partial charge >= 0.3 is 0 Å². The predicted molar refractivity (Wildman–Crippen MR) is 77.5 cm³/mol. The van der Waals surface area contributed by atoms with Crippen LogP contribution in [0.3, 0.4) is 0 Å². The Morgan fingerprint density at radius 1 is 1.45 bits per heavy atom. The maximum Gasteiger partial charge on any atom is 0.257 e. The lowest BCUT2D eigenvalue weighted by Crippen LogP contribution is -2.12. The first-order valence-corrected chi connectivity index (χ1v) is 6.93. The Balaban J connectivity index is 1.95. The molecule has 0 unspecified atom stereocenters. The number of nitrogens with one attached hydrogen (secondary N) is 2. The van der Waals surface area contributed by atoms with E-state index < -0.39 is 0 Å². The average Bonchev–Trinajstić information content (AvgIpc) is 3.11. The number of anilines is 1. The van der Waals surface area contributed by atoms with E-state index in [1.165, 1.54) is 11.3 Å². The minimum Gasteiger partial charge on any atom is -0.319 e. The van der Waals surface area contributed by atoms with Crippen molar-refractivity contribution in [3.05, 3.63) is 47.0 Å². The molecule has 0 fully saturated rings. The van der Waals surface area contributed by atoms with Crippen molar-refractivity contribution in [3.8, 4) is 5.13 Å². The topological polar surface area (TPSA) is 75.6 Å². The average molecular weight is 287 g/mol. The molecule has 7 heteroatoms. The number of H-pyrrole nitrogens is 1. The van der Waals surface area contributed by atoms with E-state index in [1.807, 2.05) is 29.9 Å². The smallest absolute Gasteiger partial charge is 0.257 e. The Morgan fingerprint density at radius 3 is 2.95 bits per heavy atom. The van der Waals surface area contributed by atoms with Gasteiger partial charge in [0.2, 0.25) is 0 Å². The summed E-state index contributed by atoms with van der Waals surface area (Å²) in [5, 5.41) is 12.0. The molecule has 3 aromatic rings. The SMILES string of the molecule is Cc1cc(C(=O)Nc2cn[nH]c2)c(C)n1-c1nccs1. The van der Waals surface area contributed by atoms with E-state index in [0.717, 1.165) is 16.5 Å². The number of aromatic amines is 1.